The Morgan fingerprint density at radius 1 is 1.12 bits per heavy atom. The Balaban J connectivity index is 2.03. The maximum absolute atomic E-state index is 12.0. The third-order valence-electron chi connectivity index (χ3n) is 4.12. The van der Waals surface area contributed by atoms with Crippen LogP contribution in [0.4, 0.5) is 0 Å². The van der Waals surface area contributed by atoms with E-state index in [2.05, 4.69) is 5.32 Å². The van der Waals surface area contributed by atoms with Crippen LogP contribution in [-0.4, -0.2) is 24.7 Å². The maximum atomic E-state index is 12.0. The second-order valence-electron chi connectivity index (χ2n) is 5.26. The number of ether oxygens (including phenoxy) is 1. The van der Waals surface area contributed by atoms with Gasteiger partial charge in [0.25, 0.3) is 0 Å². The van der Waals surface area contributed by atoms with E-state index in [0.717, 1.165) is 25.7 Å². The van der Waals surface area contributed by atoms with Gasteiger partial charge in [0, 0.05) is 6.04 Å². The summed E-state index contributed by atoms with van der Waals surface area (Å²) < 4.78 is 5.00. The third kappa shape index (κ3) is 2.40. The van der Waals surface area contributed by atoms with Crippen molar-refractivity contribution in [2.45, 2.75) is 69.4 Å². The summed E-state index contributed by atoms with van der Waals surface area (Å²) in [6.45, 7) is 0. The first kappa shape index (κ1) is 11.9. The van der Waals surface area contributed by atoms with Gasteiger partial charge in [-0.2, -0.15) is 0 Å². The van der Waals surface area contributed by atoms with Crippen LogP contribution in [-0.2, 0) is 9.53 Å². The van der Waals surface area contributed by atoms with Gasteiger partial charge in [-0.25, -0.2) is 0 Å². The van der Waals surface area contributed by atoms with E-state index in [1.807, 2.05) is 0 Å². The van der Waals surface area contributed by atoms with Crippen LogP contribution in [0.1, 0.15) is 57.8 Å². The molecule has 0 atom stereocenters. The number of carbonyl (C=O) groups excluding carboxylic acids is 1. The van der Waals surface area contributed by atoms with Crippen molar-refractivity contribution in [3.8, 4) is 0 Å². The fourth-order valence-electron chi connectivity index (χ4n) is 3.22. The Bertz CT molecular complexity index is 240. The van der Waals surface area contributed by atoms with Crippen LogP contribution in [0.5, 0.6) is 0 Å². The second kappa shape index (κ2) is 5.17. The Kier molecular flexibility index (Phi) is 3.85. The maximum Gasteiger partial charge on any atom is 0.326 e. The molecular formula is C13H23NO2. The molecule has 2 fully saturated rings. The molecule has 0 bridgehead atoms. The lowest BCUT2D eigenvalue weighted by atomic mass is 9.81. The molecule has 0 aromatic rings. The molecule has 1 N–H and O–H groups in total. The zero-order chi connectivity index (χ0) is 11.4. The zero-order valence-electron chi connectivity index (χ0n) is 10.3. The fourth-order valence-corrected chi connectivity index (χ4v) is 3.22. The smallest absolute Gasteiger partial charge is 0.326 e. The van der Waals surface area contributed by atoms with E-state index in [1.54, 1.807) is 0 Å². The van der Waals surface area contributed by atoms with Crippen LogP contribution >= 0.6 is 0 Å². The molecule has 16 heavy (non-hydrogen) atoms. The van der Waals surface area contributed by atoms with Gasteiger partial charge in [-0.05, 0) is 25.7 Å². The fraction of sp³-hybridized carbons (Fsp3) is 0.923. The molecule has 0 amide bonds. The summed E-state index contributed by atoms with van der Waals surface area (Å²) >= 11 is 0. The van der Waals surface area contributed by atoms with Crippen molar-refractivity contribution in [3.63, 3.8) is 0 Å². The van der Waals surface area contributed by atoms with Gasteiger partial charge in [0.05, 0.1) is 7.11 Å². The minimum absolute atomic E-state index is 0.0425. The predicted octanol–water partition coefficient (Wildman–Crippen LogP) is 2.39. The van der Waals surface area contributed by atoms with Crippen molar-refractivity contribution in [1.82, 2.24) is 5.32 Å². The van der Waals surface area contributed by atoms with Gasteiger partial charge in [0.15, 0.2) is 0 Å². The van der Waals surface area contributed by atoms with Gasteiger partial charge in [-0.15, -0.1) is 0 Å². The summed E-state index contributed by atoms with van der Waals surface area (Å²) in [6.07, 6.45) is 10.5. The lowest BCUT2D eigenvalue weighted by molar-refractivity contribution is -0.150. The summed E-state index contributed by atoms with van der Waals surface area (Å²) in [7, 11) is 1.51. The molecule has 2 aliphatic rings. The van der Waals surface area contributed by atoms with Crippen molar-refractivity contribution in [1.29, 1.82) is 0 Å². The Morgan fingerprint density at radius 2 is 1.75 bits per heavy atom. The zero-order valence-corrected chi connectivity index (χ0v) is 10.3. The van der Waals surface area contributed by atoms with Crippen LogP contribution in [0, 0.1) is 0 Å². The van der Waals surface area contributed by atoms with E-state index >= 15 is 0 Å². The SMILES string of the molecule is COC(=O)C1(NC2CCCC2)CCCCC1. The van der Waals surface area contributed by atoms with Crippen molar-refractivity contribution in [3.05, 3.63) is 0 Å². The molecule has 0 aliphatic heterocycles. The quantitative estimate of drug-likeness (QED) is 0.749. The van der Waals surface area contributed by atoms with Gasteiger partial charge >= 0.3 is 5.97 Å². The van der Waals surface area contributed by atoms with E-state index in [4.69, 9.17) is 4.74 Å². The first-order chi connectivity index (χ1) is 7.77. The average Bonchev–Trinajstić information content (AvgIpc) is 2.82. The van der Waals surface area contributed by atoms with Crippen LogP contribution in [0.3, 0.4) is 0 Å². The Labute approximate surface area is 97.9 Å². The Morgan fingerprint density at radius 3 is 2.31 bits per heavy atom. The van der Waals surface area contributed by atoms with Crippen LogP contribution in [0.2, 0.25) is 0 Å². The molecule has 0 saturated heterocycles. The molecule has 0 heterocycles. The largest absolute Gasteiger partial charge is 0.468 e. The minimum atomic E-state index is -0.359. The van der Waals surface area contributed by atoms with E-state index < -0.39 is 0 Å². The molecule has 2 saturated carbocycles. The molecular weight excluding hydrogens is 202 g/mol. The van der Waals surface area contributed by atoms with Gasteiger partial charge in [0.2, 0.25) is 0 Å². The van der Waals surface area contributed by atoms with Crippen molar-refractivity contribution < 1.29 is 9.53 Å². The average molecular weight is 225 g/mol. The molecule has 2 rings (SSSR count). The highest BCUT2D eigenvalue weighted by Crippen LogP contribution is 2.32. The number of hydrogen-bond acceptors (Lipinski definition) is 3. The summed E-state index contributed by atoms with van der Waals surface area (Å²) in [4.78, 5) is 12.0. The minimum Gasteiger partial charge on any atom is -0.468 e. The van der Waals surface area contributed by atoms with E-state index in [1.165, 1.54) is 39.2 Å². The molecule has 2 aliphatic carbocycles. The standard InChI is InChI=1S/C13H23NO2/c1-16-12(15)13(9-5-2-6-10-13)14-11-7-3-4-8-11/h11,14H,2-10H2,1H3. The van der Waals surface area contributed by atoms with Crippen molar-refractivity contribution >= 4 is 5.97 Å². The summed E-state index contributed by atoms with van der Waals surface area (Å²) in [5.41, 5.74) is -0.359. The lowest BCUT2D eigenvalue weighted by Gasteiger charge is -2.37. The number of carbonyl (C=O) groups is 1. The monoisotopic (exact) mass is 225 g/mol. The highest BCUT2D eigenvalue weighted by atomic mass is 16.5. The second-order valence-corrected chi connectivity index (χ2v) is 5.26. The number of nitrogens with one attached hydrogen (secondary N) is 1. The third-order valence-corrected chi connectivity index (χ3v) is 4.12. The lowest BCUT2D eigenvalue weighted by Crippen LogP contribution is -2.56. The highest BCUT2D eigenvalue weighted by Gasteiger charge is 2.42. The number of esters is 1. The van der Waals surface area contributed by atoms with Gasteiger partial charge in [-0.1, -0.05) is 32.1 Å². The van der Waals surface area contributed by atoms with Gasteiger partial charge < -0.3 is 4.74 Å². The topological polar surface area (TPSA) is 38.3 Å². The number of hydrogen-bond donors (Lipinski definition) is 1. The first-order valence-corrected chi connectivity index (χ1v) is 6.63. The molecule has 0 aromatic carbocycles. The molecule has 92 valence electrons. The highest BCUT2D eigenvalue weighted by molar-refractivity contribution is 5.81. The molecule has 0 unspecified atom stereocenters. The van der Waals surface area contributed by atoms with E-state index in [9.17, 15) is 4.79 Å². The molecule has 3 heteroatoms. The van der Waals surface area contributed by atoms with Crippen molar-refractivity contribution in [2.24, 2.45) is 0 Å². The van der Waals surface area contributed by atoms with Crippen LogP contribution in [0.25, 0.3) is 0 Å². The predicted molar refractivity (Wildman–Crippen MR) is 63.2 cm³/mol. The number of rotatable bonds is 3. The van der Waals surface area contributed by atoms with Gasteiger partial charge in [0.1, 0.15) is 5.54 Å². The molecule has 3 nitrogen and oxygen atoms in total. The number of methoxy groups -OCH3 is 1. The van der Waals surface area contributed by atoms with E-state index in [0.29, 0.717) is 6.04 Å². The van der Waals surface area contributed by atoms with Gasteiger partial charge in [-0.3, -0.25) is 10.1 Å². The van der Waals surface area contributed by atoms with Crippen LogP contribution < -0.4 is 5.32 Å². The van der Waals surface area contributed by atoms with E-state index in [-0.39, 0.29) is 11.5 Å². The first-order valence-electron chi connectivity index (χ1n) is 6.63. The molecule has 0 aromatic heterocycles. The summed E-state index contributed by atoms with van der Waals surface area (Å²) in [6, 6.07) is 0.539. The Hall–Kier alpha value is -0.570. The summed E-state index contributed by atoms with van der Waals surface area (Å²) in [5, 5.41) is 3.61. The van der Waals surface area contributed by atoms with Crippen molar-refractivity contribution in [2.75, 3.05) is 7.11 Å². The molecule has 0 spiro atoms. The van der Waals surface area contributed by atoms with Crippen LogP contribution in [0.15, 0.2) is 0 Å². The summed E-state index contributed by atoms with van der Waals surface area (Å²) in [5.74, 6) is -0.0425. The normalized spacial score (nSPS) is 25.6. The molecule has 0 radical (unpaired) electrons.